The Kier molecular flexibility index (Phi) is 7.17. The van der Waals surface area contributed by atoms with E-state index in [1.807, 2.05) is 13.8 Å². The van der Waals surface area contributed by atoms with Crippen molar-refractivity contribution < 1.29 is 13.5 Å². The topological polar surface area (TPSA) is 96.0 Å². The van der Waals surface area contributed by atoms with Gasteiger partial charge in [0.1, 0.15) is 4.90 Å². The van der Waals surface area contributed by atoms with E-state index in [0.29, 0.717) is 16.5 Å². The van der Waals surface area contributed by atoms with Crippen LogP contribution in [0.15, 0.2) is 28.1 Å². The minimum atomic E-state index is -3.96. The molecular formula is C14H21BrClN3O3S2. The molecule has 1 heterocycles. The van der Waals surface area contributed by atoms with Crippen LogP contribution >= 0.6 is 40.3 Å². The predicted molar refractivity (Wildman–Crippen MR) is 104 cm³/mol. The number of amidine groups is 1. The summed E-state index contributed by atoms with van der Waals surface area (Å²) in [5, 5.41) is 16.9. The number of benzene rings is 1. The molecule has 2 rings (SSSR count). The molecule has 1 fully saturated rings. The monoisotopic (exact) mass is 457 g/mol. The summed E-state index contributed by atoms with van der Waals surface area (Å²) >= 11 is 7.33. The second-order valence-electron chi connectivity index (χ2n) is 5.52. The number of primary sulfonamides is 1. The number of sulfonamides is 1. The van der Waals surface area contributed by atoms with Crippen molar-refractivity contribution >= 4 is 55.5 Å². The van der Waals surface area contributed by atoms with Crippen molar-refractivity contribution in [2.45, 2.75) is 36.9 Å². The van der Waals surface area contributed by atoms with E-state index in [9.17, 15) is 13.5 Å². The summed E-state index contributed by atoms with van der Waals surface area (Å²) in [5.41, 5.74) is -0.948. The number of nitrogens with zero attached hydrogens (tertiary/aromatic N) is 2. The Bertz CT molecular complexity index is 745. The Morgan fingerprint density at radius 3 is 2.71 bits per heavy atom. The van der Waals surface area contributed by atoms with Gasteiger partial charge in [-0.25, -0.2) is 13.6 Å². The smallest absolute Gasteiger partial charge is 0.239 e. The molecule has 1 aliphatic rings. The maximum atomic E-state index is 11.6. The van der Waals surface area contributed by atoms with E-state index in [-0.39, 0.29) is 32.9 Å². The Morgan fingerprint density at radius 2 is 2.17 bits per heavy atom. The van der Waals surface area contributed by atoms with Crippen molar-refractivity contribution in [1.82, 2.24) is 4.90 Å². The van der Waals surface area contributed by atoms with Crippen LogP contribution in [0.3, 0.4) is 0 Å². The fourth-order valence-electron chi connectivity index (χ4n) is 2.17. The molecule has 0 aliphatic carbocycles. The molecule has 6 nitrogen and oxygen atoms in total. The van der Waals surface area contributed by atoms with Crippen molar-refractivity contribution in [3.8, 4) is 0 Å². The summed E-state index contributed by atoms with van der Waals surface area (Å²) in [4.78, 5) is 6.02. The maximum absolute atomic E-state index is 11.6. The fraction of sp³-hybridized carbons (Fsp3) is 0.500. The van der Waals surface area contributed by atoms with Crippen LogP contribution in [-0.2, 0) is 15.7 Å². The molecule has 10 heteroatoms. The first-order chi connectivity index (χ1) is 10.6. The van der Waals surface area contributed by atoms with Gasteiger partial charge >= 0.3 is 0 Å². The van der Waals surface area contributed by atoms with Gasteiger partial charge in [0, 0.05) is 18.7 Å². The lowest BCUT2D eigenvalue weighted by Crippen LogP contribution is -2.42. The molecule has 1 saturated heterocycles. The van der Waals surface area contributed by atoms with Gasteiger partial charge < -0.3 is 10.0 Å². The molecule has 0 aromatic heterocycles. The average Bonchev–Trinajstić information content (AvgIpc) is 2.76. The maximum Gasteiger partial charge on any atom is 0.239 e. The Balaban J connectivity index is 0.00000288. The van der Waals surface area contributed by atoms with Crippen LogP contribution in [0, 0.1) is 0 Å². The van der Waals surface area contributed by atoms with Gasteiger partial charge in [-0.3, -0.25) is 4.99 Å². The number of hydrogen-bond acceptors (Lipinski definition) is 5. The SMILES string of the molecule is Br.CCC(C)N=C1SCC(O)(c2ccc(Cl)c(S(N)(=O)=O)c2)N1C. The number of hydrogen-bond donors (Lipinski definition) is 2. The molecule has 0 spiro atoms. The van der Waals surface area contributed by atoms with Crippen LogP contribution in [0.1, 0.15) is 25.8 Å². The van der Waals surface area contributed by atoms with Gasteiger partial charge in [-0.2, -0.15) is 0 Å². The summed E-state index contributed by atoms with van der Waals surface area (Å²) in [6, 6.07) is 4.49. The zero-order valence-electron chi connectivity index (χ0n) is 13.6. The van der Waals surface area contributed by atoms with E-state index in [4.69, 9.17) is 16.7 Å². The van der Waals surface area contributed by atoms with Gasteiger partial charge in [-0.15, -0.1) is 17.0 Å². The number of aliphatic imine (C=N–C) groups is 1. The average molecular weight is 459 g/mol. The third-order valence-corrected chi connectivity index (χ3v) is 6.44. The van der Waals surface area contributed by atoms with Gasteiger partial charge in [0.25, 0.3) is 0 Å². The van der Waals surface area contributed by atoms with Gasteiger partial charge in [-0.05, 0) is 25.5 Å². The lowest BCUT2D eigenvalue weighted by atomic mass is 10.0. The number of thioether (sulfide) groups is 1. The molecule has 1 aliphatic heterocycles. The quantitative estimate of drug-likeness (QED) is 0.723. The third kappa shape index (κ3) is 4.25. The summed E-state index contributed by atoms with van der Waals surface area (Å²) in [6.07, 6.45) is 0.896. The van der Waals surface area contributed by atoms with E-state index >= 15 is 0 Å². The lowest BCUT2D eigenvalue weighted by Gasteiger charge is -2.31. The molecule has 0 bridgehead atoms. The largest absolute Gasteiger partial charge is 0.366 e. The highest BCUT2D eigenvalue weighted by molar-refractivity contribution is 8.93. The summed E-state index contributed by atoms with van der Waals surface area (Å²) in [7, 11) is -2.24. The molecule has 0 amide bonds. The first-order valence-electron chi connectivity index (χ1n) is 7.09. The second-order valence-corrected chi connectivity index (χ2v) is 8.40. The number of rotatable bonds is 4. The van der Waals surface area contributed by atoms with Crippen molar-refractivity contribution in [3.63, 3.8) is 0 Å². The van der Waals surface area contributed by atoms with Crippen molar-refractivity contribution in [2.75, 3.05) is 12.8 Å². The normalized spacial score (nSPS) is 24.1. The summed E-state index contributed by atoms with van der Waals surface area (Å²) < 4.78 is 23.2. The molecule has 1 aromatic carbocycles. The van der Waals surface area contributed by atoms with Crippen LogP contribution in [0.25, 0.3) is 0 Å². The second kappa shape index (κ2) is 7.92. The molecule has 24 heavy (non-hydrogen) atoms. The Morgan fingerprint density at radius 1 is 1.54 bits per heavy atom. The highest BCUT2D eigenvalue weighted by Crippen LogP contribution is 2.39. The highest BCUT2D eigenvalue weighted by atomic mass is 79.9. The number of aliphatic hydroxyl groups is 1. The minimum absolute atomic E-state index is 0. The van der Waals surface area contributed by atoms with E-state index in [0.717, 1.165) is 6.42 Å². The summed E-state index contributed by atoms with van der Waals surface area (Å²) in [6.45, 7) is 4.04. The summed E-state index contributed by atoms with van der Waals surface area (Å²) in [5.74, 6) is 0.338. The van der Waals surface area contributed by atoms with Crippen LogP contribution < -0.4 is 5.14 Å². The Labute approximate surface area is 162 Å². The van der Waals surface area contributed by atoms with E-state index in [1.54, 1.807) is 18.0 Å². The van der Waals surface area contributed by atoms with E-state index in [1.165, 1.54) is 23.9 Å². The molecule has 2 unspecified atom stereocenters. The molecule has 1 aromatic rings. The van der Waals surface area contributed by atoms with Crippen LogP contribution in [0.5, 0.6) is 0 Å². The third-order valence-electron chi connectivity index (χ3n) is 3.87. The lowest BCUT2D eigenvalue weighted by molar-refractivity contribution is -0.0351. The molecular weight excluding hydrogens is 438 g/mol. The van der Waals surface area contributed by atoms with Crippen LogP contribution in [0.2, 0.25) is 5.02 Å². The number of halogens is 2. The zero-order chi connectivity index (χ0) is 17.4. The van der Waals surface area contributed by atoms with Gasteiger partial charge in [0.15, 0.2) is 10.9 Å². The first kappa shape index (κ1) is 21.7. The van der Waals surface area contributed by atoms with Gasteiger partial charge in [-0.1, -0.05) is 36.4 Å². The fourth-order valence-corrected chi connectivity index (χ4v) is 4.53. The standard InChI is InChI=1S/C14H20ClN3O3S2.BrH/c1-4-9(2)17-13-18(3)14(19,8-22-13)10-5-6-11(15)12(7-10)23(16,20)21;/h5-7,9,19H,4,8H2,1-3H3,(H2,16,20,21);1H. The van der Waals surface area contributed by atoms with E-state index < -0.39 is 15.7 Å². The predicted octanol–water partition coefficient (Wildman–Crippen LogP) is 2.54. The molecule has 136 valence electrons. The molecule has 0 radical (unpaired) electrons. The molecule has 3 N–H and O–H groups in total. The van der Waals surface area contributed by atoms with Crippen molar-refractivity contribution in [1.29, 1.82) is 0 Å². The van der Waals surface area contributed by atoms with Crippen molar-refractivity contribution in [3.05, 3.63) is 28.8 Å². The molecule has 0 saturated carbocycles. The first-order valence-corrected chi connectivity index (χ1v) is 10.00. The van der Waals surface area contributed by atoms with E-state index in [2.05, 4.69) is 4.99 Å². The Hall–Kier alpha value is -0.320. The highest BCUT2D eigenvalue weighted by Gasteiger charge is 2.43. The zero-order valence-corrected chi connectivity index (χ0v) is 17.7. The minimum Gasteiger partial charge on any atom is -0.366 e. The van der Waals surface area contributed by atoms with Crippen molar-refractivity contribution in [2.24, 2.45) is 10.1 Å². The number of nitrogens with two attached hydrogens (primary N) is 1. The van der Waals surface area contributed by atoms with Crippen LogP contribution in [0.4, 0.5) is 0 Å². The van der Waals surface area contributed by atoms with Gasteiger partial charge in [0.2, 0.25) is 10.0 Å². The van der Waals surface area contributed by atoms with Crippen LogP contribution in [-0.4, -0.2) is 42.4 Å². The molecule has 2 atom stereocenters. The van der Waals surface area contributed by atoms with Gasteiger partial charge in [0.05, 0.1) is 10.8 Å².